The zero-order valence-electron chi connectivity index (χ0n) is 2.97. The Balaban J connectivity index is -0.0000000450. The van der Waals surface area contributed by atoms with Crippen molar-refractivity contribution in [2.24, 2.45) is 11.5 Å². The van der Waals surface area contributed by atoms with Gasteiger partial charge in [0.1, 0.15) is 0 Å². The van der Waals surface area contributed by atoms with Gasteiger partial charge >= 0.3 is 6.03 Å². The van der Waals surface area contributed by atoms with Crippen LogP contribution in [0.4, 0.5) is 9.50 Å². The van der Waals surface area contributed by atoms with Crippen LogP contribution in [0.2, 0.25) is 0 Å². The third kappa shape index (κ3) is 20.9. The fourth-order valence-corrected chi connectivity index (χ4v) is 0. The minimum Gasteiger partial charge on any atom is -0.412 e. The van der Waals surface area contributed by atoms with Crippen LogP contribution in [0.3, 0.4) is 0 Å². The summed E-state index contributed by atoms with van der Waals surface area (Å²) in [5, 5.41) is 0. The first-order valence-electron chi connectivity index (χ1n) is 0.781. The Hall–Kier alpha value is -0.840. The molecule has 0 aliphatic heterocycles. The number of carbonyl (C=O) groups excluding carboxylic acids is 1. The van der Waals surface area contributed by atoms with Gasteiger partial charge in [-0.15, -0.1) is 0 Å². The highest BCUT2D eigenvalue weighted by molar-refractivity contribution is 5.69. The lowest BCUT2D eigenvalue weighted by atomic mass is 11.2. The number of hydrogen-bond donors (Lipinski definition) is 2. The van der Waals surface area contributed by atoms with Gasteiger partial charge in [-0.1, -0.05) is 0 Å². The average Bonchev–Trinajstić information content (AvgIpc) is 0.811. The van der Waals surface area contributed by atoms with Gasteiger partial charge in [-0.25, -0.2) is 4.79 Å². The molecule has 0 aliphatic carbocycles. The number of halogens is 1. The van der Waals surface area contributed by atoms with E-state index in [4.69, 9.17) is 4.79 Å². The van der Waals surface area contributed by atoms with E-state index in [9.17, 15) is 0 Å². The normalized spacial score (nSPS) is 4.00. The Bertz CT molecular complexity index is 34.5. The number of urea groups is 1. The molecule has 0 fully saturated rings. The lowest BCUT2D eigenvalue weighted by molar-refractivity contribution is 0.256. The average molecular weight is 98.1 g/mol. The summed E-state index contributed by atoms with van der Waals surface area (Å²) in [6, 6.07) is -0.833. The Morgan fingerprint density at radius 3 is 1.33 bits per heavy atom. The van der Waals surface area contributed by atoms with Gasteiger partial charge in [-0.05, 0) is 0 Å². The Labute approximate surface area is 33.8 Å². The molecule has 6 heavy (non-hydrogen) atoms. The maximum atomic E-state index is 9.00. The second-order valence-corrected chi connectivity index (χ2v) is 0.402. The second kappa shape index (κ2) is 8.90. The predicted molar refractivity (Wildman–Crippen MR) is 19.9 cm³/mol. The summed E-state index contributed by atoms with van der Waals surface area (Å²) in [7, 11) is 0. The fraction of sp³-hybridized carbons (Fsp3) is 0. The van der Waals surface area contributed by atoms with Crippen LogP contribution in [0.15, 0.2) is 0 Å². The molecule has 5 heteroatoms. The van der Waals surface area contributed by atoms with E-state index < -0.39 is 6.03 Å². The quantitative estimate of drug-likeness (QED) is 0.372. The van der Waals surface area contributed by atoms with Crippen molar-refractivity contribution in [2.45, 2.75) is 0 Å². The van der Waals surface area contributed by atoms with Gasteiger partial charge in [0, 0.05) is 0 Å². The summed E-state index contributed by atoms with van der Waals surface area (Å²) < 4.78 is 0. The van der Waals surface area contributed by atoms with Crippen molar-refractivity contribution in [3.8, 4) is 0 Å². The second-order valence-electron chi connectivity index (χ2n) is 0.402. The van der Waals surface area contributed by atoms with Gasteiger partial charge in [-0.3, -0.25) is 4.70 Å². The molecular weight excluding hydrogens is 91.0 g/mol. The smallest absolute Gasteiger partial charge is 0.309 e. The zero-order chi connectivity index (χ0) is 3.58. The molecule has 6 N–H and O–H groups in total. The van der Waals surface area contributed by atoms with Crippen LogP contribution in [0.1, 0.15) is 0 Å². The van der Waals surface area contributed by atoms with Crippen molar-refractivity contribution >= 4 is 6.03 Å². The maximum absolute atomic E-state index is 9.00. The van der Waals surface area contributed by atoms with Gasteiger partial charge in [-0.2, -0.15) is 0 Å². The number of amides is 2. The van der Waals surface area contributed by atoms with E-state index in [0.29, 0.717) is 0 Å². The molecular formula is CH7FN2O2. The van der Waals surface area contributed by atoms with E-state index in [-0.39, 0.29) is 10.2 Å². The van der Waals surface area contributed by atoms with E-state index in [0.717, 1.165) is 0 Å². The van der Waals surface area contributed by atoms with Crippen molar-refractivity contribution in [3.05, 3.63) is 0 Å². The van der Waals surface area contributed by atoms with Gasteiger partial charge in [0.25, 0.3) is 0 Å². The summed E-state index contributed by atoms with van der Waals surface area (Å²) in [6.07, 6.45) is 0. The van der Waals surface area contributed by atoms with Crippen molar-refractivity contribution in [1.82, 2.24) is 0 Å². The molecule has 40 valence electrons. The van der Waals surface area contributed by atoms with Crippen molar-refractivity contribution in [2.75, 3.05) is 0 Å². The van der Waals surface area contributed by atoms with Crippen LogP contribution < -0.4 is 11.5 Å². The van der Waals surface area contributed by atoms with Crippen LogP contribution >= 0.6 is 0 Å². The first-order chi connectivity index (χ1) is 1.73. The Kier molecular flexibility index (Phi) is 28.4. The molecule has 0 spiro atoms. The lowest BCUT2D eigenvalue weighted by Crippen LogP contribution is -2.18. The molecule has 0 bridgehead atoms. The topological polar surface area (TPSA) is 101 Å². The first kappa shape index (κ1) is 19.1. The maximum Gasteiger partial charge on any atom is 0.309 e. The van der Waals surface area contributed by atoms with Crippen LogP contribution in [0, 0.1) is 0 Å². The SMILES string of the molecule is F.NC(N)=O.O. The molecule has 0 aliphatic rings. The van der Waals surface area contributed by atoms with Crippen LogP contribution in [-0.2, 0) is 0 Å². The van der Waals surface area contributed by atoms with E-state index in [1.807, 2.05) is 0 Å². The van der Waals surface area contributed by atoms with Crippen LogP contribution in [0.25, 0.3) is 0 Å². The van der Waals surface area contributed by atoms with Crippen molar-refractivity contribution < 1.29 is 15.0 Å². The monoisotopic (exact) mass is 98.0 g/mol. The summed E-state index contributed by atoms with van der Waals surface area (Å²) >= 11 is 0. The zero-order valence-corrected chi connectivity index (χ0v) is 2.97. The summed E-state index contributed by atoms with van der Waals surface area (Å²) in [5.74, 6) is 0. The van der Waals surface area contributed by atoms with Gasteiger partial charge < -0.3 is 16.9 Å². The number of primary amides is 2. The molecule has 0 aromatic carbocycles. The molecule has 0 atom stereocenters. The predicted octanol–water partition coefficient (Wildman–Crippen LogP) is -1.65. The summed E-state index contributed by atoms with van der Waals surface area (Å²) in [4.78, 5) is 9.00. The largest absolute Gasteiger partial charge is 0.412 e. The van der Waals surface area contributed by atoms with Crippen LogP contribution in [0.5, 0.6) is 0 Å². The number of rotatable bonds is 0. The Morgan fingerprint density at radius 2 is 1.33 bits per heavy atom. The highest BCUT2D eigenvalue weighted by atomic mass is 19.0. The third-order valence-electron chi connectivity index (χ3n) is 0. The first-order valence-corrected chi connectivity index (χ1v) is 0.781. The molecule has 0 saturated heterocycles. The number of carbonyl (C=O) groups is 1. The van der Waals surface area contributed by atoms with E-state index in [1.54, 1.807) is 0 Å². The van der Waals surface area contributed by atoms with E-state index in [1.165, 1.54) is 0 Å². The van der Waals surface area contributed by atoms with Gasteiger partial charge in [0.05, 0.1) is 0 Å². The van der Waals surface area contributed by atoms with Crippen molar-refractivity contribution in [3.63, 3.8) is 0 Å². The van der Waals surface area contributed by atoms with Crippen LogP contribution in [-0.4, -0.2) is 11.5 Å². The lowest BCUT2D eigenvalue weighted by Gasteiger charge is -1.62. The number of nitrogens with two attached hydrogens (primary N) is 2. The molecule has 0 rings (SSSR count). The van der Waals surface area contributed by atoms with E-state index in [2.05, 4.69) is 11.5 Å². The molecule has 0 aromatic rings. The molecule has 0 heterocycles. The highest BCUT2D eigenvalue weighted by Gasteiger charge is 1.60. The van der Waals surface area contributed by atoms with Gasteiger partial charge in [0.2, 0.25) is 0 Å². The molecule has 2 amide bonds. The summed E-state index contributed by atoms with van der Waals surface area (Å²) in [6.45, 7) is 0. The summed E-state index contributed by atoms with van der Waals surface area (Å²) in [5.41, 5.74) is 8.50. The minimum absolute atomic E-state index is 0. The molecule has 0 unspecified atom stereocenters. The van der Waals surface area contributed by atoms with Crippen molar-refractivity contribution in [1.29, 1.82) is 0 Å². The van der Waals surface area contributed by atoms with Gasteiger partial charge in [0.15, 0.2) is 0 Å². The molecule has 0 aromatic heterocycles. The number of hydrogen-bond acceptors (Lipinski definition) is 1. The highest BCUT2D eigenvalue weighted by Crippen LogP contribution is 1.25. The third-order valence-corrected chi connectivity index (χ3v) is 0. The van der Waals surface area contributed by atoms with E-state index >= 15 is 0 Å². The molecule has 4 nitrogen and oxygen atoms in total. The Morgan fingerprint density at radius 1 is 1.33 bits per heavy atom. The molecule has 0 saturated carbocycles. The minimum atomic E-state index is -0.833. The standard InChI is InChI=1S/CH4N2O.FH.H2O/c2-1(3)4;;/h(H4,2,3,4);1H;1H2. The fourth-order valence-electron chi connectivity index (χ4n) is 0. The molecule has 0 radical (unpaired) electrons.